The van der Waals surface area contributed by atoms with Crippen LogP contribution in [0, 0.1) is 0 Å². The molecule has 6 nitrogen and oxygen atoms in total. The summed E-state index contributed by atoms with van der Waals surface area (Å²) >= 11 is 5.92. The van der Waals surface area contributed by atoms with Crippen molar-refractivity contribution >= 4 is 17.6 Å². The van der Waals surface area contributed by atoms with Gasteiger partial charge in [0, 0.05) is 43.1 Å². The summed E-state index contributed by atoms with van der Waals surface area (Å²) < 4.78 is 31.2. The van der Waals surface area contributed by atoms with Crippen molar-refractivity contribution in [3.05, 3.63) is 47.2 Å². The molecule has 1 aromatic carbocycles. The van der Waals surface area contributed by atoms with E-state index in [9.17, 15) is 8.78 Å². The van der Waals surface area contributed by atoms with E-state index in [4.69, 9.17) is 11.6 Å². The lowest BCUT2D eigenvalue weighted by atomic mass is 10.2. The molecule has 1 aromatic heterocycles. The lowest BCUT2D eigenvalue weighted by Crippen LogP contribution is -2.38. The van der Waals surface area contributed by atoms with Gasteiger partial charge >= 0.3 is 6.61 Å². The fraction of sp³-hybridized carbons (Fsp3) is 0.333. The molecule has 0 aliphatic heterocycles. The normalized spacial score (nSPS) is 11.6. The smallest absolute Gasteiger partial charge is 0.387 e. The number of aromatic nitrogens is 2. The lowest BCUT2D eigenvalue weighted by molar-refractivity contribution is -0.0504. The van der Waals surface area contributed by atoms with E-state index in [1.54, 1.807) is 24.0 Å². The molecule has 2 N–H and O–H groups in total. The Balaban J connectivity index is 1.89. The summed E-state index contributed by atoms with van der Waals surface area (Å²) in [6, 6.07) is 6.33. The number of hydrogen-bond donors (Lipinski definition) is 2. The number of rotatable bonds is 7. The van der Waals surface area contributed by atoms with Crippen LogP contribution < -0.4 is 15.4 Å². The summed E-state index contributed by atoms with van der Waals surface area (Å²) in [5.41, 5.74) is 0.512. The highest BCUT2D eigenvalue weighted by Gasteiger charge is 2.11. The molecule has 0 aliphatic carbocycles. The van der Waals surface area contributed by atoms with Crippen molar-refractivity contribution in [1.29, 1.82) is 0 Å². The van der Waals surface area contributed by atoms with Crippen molar-refractivity contribution in [2.75, 3.05) is 13.6 Å². The van der Waals surface area contributed by atoms with Gasteiger partial charge in [0.05, 0.1) is 6.54 Å². The van der Waals surface area contributed by atoms with E-state index < -0.39 is 6.61 Å². The van der Waals surface area contributed by atoms with Crippen LogP contribution in [0.5, 0.6) is 5.75 Å². The summed E-state index contributed by atoms with van der Waals surface area (Å²) in [6.45, 7) is -1.37. The molecule has 0 bridgehead atoms. The van der Waals surface area contributed by atoms with Crippen LogP contribution in [0.2, 0.25) is 5.02 Å². The van der Waals surface area contributed by atoms with E-state index in [0.29, 0.717) is 29.6 Å². The maximum Gasteiger partial charge on any atom is 0.387 e. The summed E-state index contributed by atoms with van der Waals surface area (Å²) in [5, 5.41) is 10.7. The van der Waals surface area contributed by atoms with Gasteiger partial charge in [-0.1, -0.05) is 11.6 Å². The van der Waals surface area contributed by atoms with Crippen LogP contribution in [0.15, 0.2) is 41.7 Å². The molecule has 2 rings (SSSR count). The fourth-order valence-corrected chi connectivity index (χ4v) is 2.21. The number of nitrogens with zero attached hydrogens (tertiary/aromatic N) is 3. The van der Waals surface area contributed by atoms with Crippen LogP contribution in [0.25, 0.3) is 0 Å². The number of benzene rings is 1. The Morgan fingerprint density at radius 1 is 1.42 bits per heavy atom. The van der Waals surface area contributed by atoms with Crippen LogP contribution in [0.3, 0.4) is 0 Å². The minimum Gasteiger partial charge on any atom is -0.434 e. The van der Waals surface area contributed by atoms with Crippen molar-refractivity contribution in [2.45, 2.75) is 19.7 Å². The topological polar surface area (TPSA) is 63.5 Å². The monoisotopic (exact) mass is 357 g/mol. The second kappa shape index (κ2) is 9.07. The molecule has 0 atom stereocenters. The van der Waals surface area contributed by atoms with Gasteiger partial charge in [-0.25, -0.2) is 0 Å². The van der Waals surface area contributed by atoms with Gasteiger partial charge in [0.2, 0.25) is 0 Å². The van der Waals surface area contributed by atoms with E-state index >= 15 is 0 Å². The molecule has 0 saturated carbocycles. The zero-order chi connectivity index (χ0) is 17.4. The number of hydrogen-bond acceptors (Lipinski definition) is 3. The zero-order valence-corrected chi connectivity index (χ0v) is 13.8. The number of guanidine groups is 1. The Kier molecular flexibility index (Phi) is 6.80. The van der Waals surface area contributed by atoms with Gasteiger partial charge < -0.3 is 15.4 Å². The van der Waals surface area contributed by atoms with Gasteiger partial charge in [-0.15, -0.1) is 0 Å². The van der Waals surface area contributed by atoms with Crippen molar-refractivity contribution in [3.8, 4) is 5.75 Å². The van der Waals surface area contributed by atoms with Gasteiger partial charge in [0.15, 0.2) is 5.96 Å². The predicted molar refractivity (Wildman–Crippen MR) is 88.5 cm³/mol. The van der Waals surface area contributed by atoms with Crippen molar-refractivity contribution in [1.82, 2.24) is 20.4 Å². The summed E-state index contributed by atoms with van der Waals surface area (Å²) in [4.78, 5) is 4.08. The molecule has 24 heavy (non-hydrogen) atoms. The van der Waals surface area contributed by atoms with Gasteiger partial charge in [-0.2, -0.15) is 13.9 Å². The highest BCUT2D eigenvalue weighted by Crippen LogP contribution is 2.24. The number of ether oxygens (including phenoxy) is 1. The average Bonchev–Trinajstić information content (AvgIpc) is 3.06. The third-order valence-corrected chi connectivity index (χ3v) is 3.34. The Bertz CT molecular complexity index is 664. The Morgan fingerprint density at radius 3 is 2.92 bits per heavy atom. The van der Waals surface area contributed by atoms with E-state index in [1.807, 2.05) is 12.3 Å². The average molecular weight is 358 g/mol. The van der Waals surface area contributed by atoms with E-state index in [1.165, 1.54) is 12.1 Å². The van der Waals surface area contributed by atoms with Gasteiger partial charge in [0.25, 0.3) is 0 Å². The molecule has 0 radical (unpaired) electrons. The third kappa shape index (κ3) is 5.69. The van der Waals surface area contributed by atoms with Crippen molar-refractivity contribution in [3.63, 3.8) is 0 Å². The van der Waals surface area contributed by atoms with Gasteiger partial charge in [-0.3, -0.25) is 9.67 Å². The SMILES string of the molecule is CN=C(NCCn1cccn1)NCc1cc(Cl)ccc1OC(F)F. The molecule has 0 spiro atoms. The number of alkyl halides is 2. The molecule has 2 aromatic rings. The first-order chi connectivity index (χ1) is 11.6. The largest absolute Gasteiger partial charge is 0.434 e. The molecule has 1 heterocycles. The zero-order valence-electron chi connectivity index (χ0n) is 13.0. The van der Waals surface area contributed by atoms with Crippen LogP contribution in [0.4, 0.5) is 8.78 Å². The molecule has 0 aliphatic rings. The first-order valence-electron chi connectivity index (χ1n) is 7.23. The Labute approximate surface area is 143 Å². The second-order valence-corrected chi connectivity index (χ2v) is 5.19. The minimum absolute atomic E-state index is 0.0777. The van der Waals surface area contributed by atoms with Crippen LogP contribution in [0.1, 0.15) is 5.56 Å². The van der Waals surface area contributed by atoms with E-state index in [2.05, 4.69) is 25.5 Å². The fourth-order valence-electron chi connectivity index (χ4n) is 2.02. The summed E-state index contributed by atoms with van der Waals surface area (Å²) in [7, 11) is 1.62. The number of halogens is 3. The maximum atomic E-state index is 12.4. The first kappa shape index (κ1) is 18.0. The maximum absolute atomic E-state index is 12.4. The molecule has 0 fully saturated rings. The Hall–Kier alpha value is -2.35. The number of nitrogens with one attached hydrogen (secondary N) is 2. The number of aliphatic imine (C=N–C) groups is 1. The van der Waals surface area contributed by atoms with Crippen LogP contribution in [-0.2, 0) is 13.1 Å². The molecule has 130 valence electrons. The highest BCUT2D eigenvalue weighted by atomic mass is 35.5. The van der Waals surface area contributed by atoms with Crippen molar-refractivity contribution < 1.29 is 13.5 Å². The molecule has 9 heteroatoms. The Morgan fingerprint density at radius 2 is 2.25 bits per heavy atom. The van der Waals surface area contributed by atoms with Gasteiger partial charge in [-0.05, 0) is 24.3 Å². The third-order valence-electron chi connectivity index (χ3n) is 3.10. The molecule has 0 unspecified atom stereocenters. The van der Waals surface area contributed by atoms with E-state index in [0.717, 1.165) is 0 Å². The van der Waals surface area contributed by atoms with Gasteiger partial charge in [0.1, 0.15) is 5.75 Å². The van der Waals surface area contributed by atoms with Crippen LogP contribution >= 0.6 is 11.6 Å². The first-order valence-corrected chi connectivity index (χ1v) is 7.61. The summed E-state index contributed by atoms with van der Waals surface area (Å²) in [6.07, 6.45) is 3.56. The molecule has 0 amide bonds. The minimum atomic E-state index is -2.89. The molecule has 0 saturated heterocycles. The molecular weight excluding hydrogens is 340 g/mol. The van der Waals surface area contributed by atoms with Crippen LogP contribution in [-0.4, -0.2) is 35.9 Å². The quantitative estimate of drug-likeness (QED) is 0.590. The predicted octanol–water partition coefficient (Wildman–Crippen LogP) is 2.50. The second-order valence-electron chi connectivity index (χ2n) is 4.75. The summed E-state index contributed by atoms with van der Waals surface area (Å²) in [5.74, 6) is 0.610. The highest BCUT2D eigenvalue weighted by molar-refractivity contribution is 6.30. The molecular formula is C15H18ClF2N5O. The lowest BCUT2D eigenvalue weighted by Gasteiger charge is -2.15. The van der Waals surface area contributed by atoms with Crippen molar-refractivity contribution in [2.24, 2.45) is 4.99 Å². The van der Waals surface area contributed by atoms with E-state index in [-0.39, 0.29) is 12.3 Å². The standard InChI is InChI=1S/C15H18ClF2N5O/c1-19-15(20-6-8-23-7-2-5-22-23)21-10-11-9-12(16)3-4-13(11)24-14(17)18/h2-5,7,9,14H,6,8,10H2,1H3,(H2,19,20,21).